The van der Waals surface area contributed by atoms with Crippen LogP contribution < -0.4 is 5.73 Å². The van der Waals surface area contributed by atoms with E-state index in [-0.39, 0.29) is 6.04 Å². The summed E-state index contributed by atoms with van der Waals surface area (Å²) in [6.07, 6.45) is 0.872. The second-order valence-electron chi connectivity index (χ2n) is 5.13. The number of rotatable bonds is 3. The van der Waals surface area contributed by atoms with Crippen molar-refractivity contribution in [2.75, 3.05) is 5.73 Å². The molecule has 0 aliphatic rings. The van der Waals surface area contributed by atoms with Crippen molar-refractivity contribution in [1.29, 1.82) is 0 Å². The summed E-state index contributed by atoms with van der Waals surface area (Å²) in [5.41, 5.74) is 9.00. The lowest BCUT2D eigenvalue weighted by atomic mass is 10.1. The number of nitrogen functional groups attached to an aromatic ring is 1. The maximum Gasteiger partial charge on any atom is 0.201 e. The minimum absolute atomic E-state index is 0.176. The number of halogens is 2. The first kappa shape index (κ1) is 14.2. The van der Waals surface area contributed by atoms with E-state index in [2.05, 4.69) is 24.0 Å². The predicted octanol–water partition coefficient (Wildman–Crippen LogP) is 4.73. The van der Waals surface area contributed by atoms with Gasteiger partial charge in [-0.15, -0.1) is 0 Å². The Kier molecular flexibility index (Phi) is 3.79. The fraction of sp³-hybridized carbons (Fsp3) is 0.188. The van der Waals surface area contributed by atoms with Gasteiger partial charge in [0.2, 0.25) is 5.95 Å². The Morgan fingerprint density at radius 2 is 1.81 bits per heavy atom. The van der Waals surface area contributed by atoms with Gasteiger partial charge in [0.05, 0.1) is 21.1 Å². The standard InChI is InChI=1S/C16H15Cl2N3/c1-10(7-11-5-3-2-4-6-11)21-15-9-13(18)12(17)8-14(15)20-16(21)19/h2-6,8-10H,7H2,1H3,(H2,19,20). The number of aromatic nitrogens is 2. The molecule has 0 radical (unpaired) electrons. The third-order valence-electron chi connectivity index (χ3n) is 3.57. The Hall–Kier alpha value is -1.71. The van der Waals surface area contributed by atoms with E-state index in [9.17, 15) is 0 Å². The van der Waals surface area contributed by atoms with E-state index >= 15 is 0 Å². The van der Waals surface area contributed by atoms with Gasteiger partial charge < -0.3 is 10.3 Å². The van der Waals surface area contributed by atoms with Crippen molar-refractivity contribution in [2.24, 2.45) is 0 Å². The second kappa shape index (κ2) is 5.58. The molecule has 0 spiro atoms. The lowest BCUT2D eigenvalue weighted by Gasteiger charge is -2.16. The van der Waals surface area contributed by atoms with Gasteiger partial charge in [-0.3, -0.25) is 0 Å². The number of imidazole rings is 1. The predicted molar refractivity (Wildman–Crippen MR) is 89.0 cm³/mol. The van der Waals surface area contributed by atoms with Crippen LogP contribution in [0.2, 0.25) is 10.0 Å². The van der Waals surface area contributed by atoms with Gasteiger partial charge in [0.1, 0.15) is 0 Å². The lowest BCUT2D eigenvalue weighted by molar-refractivity contribution is 0.567. The van der Waals surface area contributed by atoms with Crippen molar-refractivity contribution >= 4 is 40.2 Å². The Bertz CT molecular complexity index is 781. The van der Waals surface area contributed by atoms with Crippen molar-refractivity contribution in [3.8, 4) is 0 Å². The minimum atomic E-state index is 0.176. The van der Waals surface area contributed by atoms with Crippen molar-refractivity contribution in [3.05, 3.63) is 58.1 Å². The molecule has 21 heavy (non-hydrogen) atoms. The molecule has 0 aliphatic carbocycles. The lowest BCUT2D eigenvalue weighted by Crippen LogP contribution is -2.11. The monoisotopic (exact) mass is 319 g/mol. The molecule has 2 N–H and O–H groups in total. The summed E-state index contributed by atoms with van der Waals surface area (Å²) in [6.45, 7) is 2.12. The molecule has 0 fully saturated rings. The van der Waals surface area contributed by atoms with Gasteiger partial charge in [-0.2, -0.15) is 0 Å². The zero-order chi connectivity index (χ0) is 15.0. The Morgan fingerprint density at radius 3 is 2.52 bits per heavy atom. The molecule has 3 aromatic rings. The SMILES string of the molecule is CC(Cc1ccccc1)n1c(N)nc2cc(Cl)c(Cl)cc21. The average Bonchev–Trinajstić information content (AvgIpc) is 2.75. The summed E-state index contributed by atoms with van der Waals surface area (Å²) < 4.78 is 2.00. The number of hydrogen-bond donors (Lipinski definition) is 1. The smallest absolute Gasteiger partial charge is 0.201 e. The maximum atomic E-state index is 6.12. The molecule has 1 aromatic heterocycles. The van der Waals surface area contributed by atoms with Crippen LogP contribution in [0.3, 0.4) is 0 Å². The van der Waals surface area contributed by atoms with Gasteiger partial charge in [-0.1, -0.05) is 53.5 Å². The molecule has 0 saturated heterocycles. The first-order valence-corrected chi connectivity index (χ1v) is 7.48. The van der Waals surface area contributed by atoms with Crippen LogP contribution >= 0.6 is 23.2 Å². The maximum absolute atomic E-state index is 6.12. The summed E-state index contributed by atoms with van der Waals surface area (Å²) in [7, 11) is 0. The second-order valence-corrected chi connectivity index (χ2v) is 5.95. The molecule has 0 saturated carbocycles. The van der Waals surface area contributed by atoms with E-state index in [1.807, 2.05) is 28.8 Å². The van der Waals surface area contributed by atoms with Crippen molar-refractivity contribution in [3.63, 3.8) is 0 Å². The fourth-order valence-corrected chi connectivity index (χ4v) is 2.93. The number of anilines is 1. The van der Waals surface area contributed by atoms with Crippen LogP contribution in [0.25, 0.3) is 11.0 Å². The number of nitrogens with zero attached hydrogens (tertiary/aromatic N) is 2. The molecule has 2 aromatic carbocycles. The van der Waals surface area contributed by atoms with Gasteiger partial charge in [-0.25, -0.2) is 4.98 Å². The third-order valence-corrected chi connectivity index (χ3v) is 4.30. The Labute approximate surface area is 133 Å². The highest BCUT2D eigenvalue weighted by atomic mass is 35.5. The Balaban J connectivity index is 2.03. The molecular weight excluding hydrogens is 305 g/mol. The van der Waals surface area contributed by atoms with Crippen molar-refractivity contribution < 1.29 is 0 Å². The summed E-state index contributed by atoms with van der Waals surface area (Å²) in [6, 6.07) is 14.0. The number of nitrogens with two attached hydrogens (primary N) is 1. The van der Waals surface area contributed by atoms with Crippen LogP contribution in [0.5, 0.6) is 0 Å². The van der Waals surface area contributed by atoms with E-state index in [0.717, 1.165) is 17.5 Å². The van der Waals surface area contributed by atoms with E-state index in [0.29, 0.717) is 16.0 Å². The first-order chi connectivity index (χ1) is 10.1. The highest BCUT2D eigenvalue weighted by Gasteiger charge is 2.16. The van der Waals surface area contributed by atoms with Crippen LogP contribution in [0.1, 0.15) is 18.5 Å². The largest absolute Gasteiger partial charge is 0.369 e. The summed E-state index contributed by atoms with van der Waals surface area (Å²) in [4.78, 5) is 4.38. The summed E-state index contributed by atoms with van der Waals surface area (Å²) in [5.74, 6) is 0.478. The molecule has 1 atom stereocenters. The van der Waals surface area contributed by atoms with E-state index in [1.165, 1.54) is 5.56 Å². The quantitative estimate of drug-likeness (QED) is 0.758. The fourth-order valence-electron chi connectivity index (χ4n) is 2.62. The number of fused-ring (bicyclic) bond motifs is 1. The molecular formula is C16H15Cl2N3. The minimum Gasteiger partial charge on any atom is -0.369 e. The molecule has 0 aliphatic heterocycles. The van der Waals surface area contributed by atoms with Crippen molar-refractivity contribution in [2.45, 2.75) is 19.4 Å². The van der Waals surface area contributed by atoms with Crippen molar-refractivity contribution in [1.82, 2.24) is 9.55 Å². The van der Waals surface area contributed by atoms with Gasteiger partial charge in [0, 0.05) is 6.04 Å². The van der Waals surface area contributed by atoms with Gasteiger partial charge in [-0.05, 0) is 31.0 Å². The summed E-state index contributed by atoms with van der Waals surface area (Å²) in [5, 5.41) is 1.00. The highest BCUT2D eigenvalue weighted by molar-refractivity contribution is 6.42. The van der Waals surface area contributed by atoms with E-state index in [4.69, 9.17) is 28.9 Å². The normalized spacial score (nSPS) is 12.7. The molecule has 3 nitrogen and oxygen atoms in total. The molecule has 5 heteroatoms. The Morgan fingerprint density at radius 1 is 1.14 bits per heavy atom. The topological polar surface area (TPSA) is 43.8 Å². The average molecular weight is 320 g/mol. The van der Waals surface area contributed by atoms with Gasteiger partial charge >= 0.3 is 0 Å². The zero-order valence-corrected chi connectivity index (χ0v) is 13.1. The van der Waals surface area contributed by atoms with Crippen LogP contribution in [0.4, 0.5) is 5.95 Å². The molecule has 0 amide bonds. The zero-order valence-electron chi connectivity index (χ0n) is 11.6. The van der Waals surface area contributed by atoms with Crippen LogP contribution in [0.15, 0.2) is 42.5 Å². The first-order valence-electron chi connectivity index (χ1n) is 6.72. The van der Waals surface area contributed by atoms with E-state index < -0.39 is 0 Å². The molecule has 1 heterocycles. The number of hydrogen-bond acceptors (Lipinski definition) is 2. The van der Waals surface area contributed by atoms with Crippen LogP contribution in [-0.4, -0.2) is 9.55 Å². The third kappa shape index (κ3) is 2.71. The van der Waals surface area contributed by atoms with Gasteiger partial charge in [0.15, 0.2) is 0 Å². The highest BCUT2D eigenvalue weighted by Crippen LogP contribution is 2.31. The van der Waals surface area contributed by atoms with E-state index in [1.54, 1.807) is 6.07 Å². The molecule has 0 bridgehead atoms. The number of benzene rings is 2. The molecule has 3 rings (SSSR count). The van der Waals surface area contributed by atoms with Crippen LogP contribution in [-0.2, 0) is 6.42 Å². The molecule has 108 valence electrons. The summed E-state index contributed by atoms with van der Waals surface area (Å²) >= 11 is 12.2. The van der Waals surface area contributed by atoms with Crippen LogP contribution in [0, 0.1) is 0 Å². The van der Waals surface area contributed by atoms with Gasteiger partial charge in [0.25, 0.3) is 0 Å². The molecule has 1 unspecified atom stereocenters.